The summed E-state index contributed by atoms with van der Waals surface area (Å²) in [5, 5.41) is 17.6. The van der Waals surface area contributed by atoms with Crippen molar-refractivity contribution in [3.8, 4) is 5.97 Å². The predicted octanol–water partition coefficient (Wildman–Crippen LogP) is 2.89. The van der Waals surface area contributed by atoms with Crippen molar-refractivity contribution in [2.24, 2.45) is 0 Å². The number of nitriles is 1. The number of hydrogen-bond donors (Lipinski definition) is 2. The number of aromatic nitrogens is 2. The lowest BCUT2D eigenvalue weighted by Gasteiger charge is -2.30. The van der Waals surface area contributed by atoms with Crippen LogP contribution in [0.5, 0.6) is 0 Å². The molecule has 1 fully saturated rings. The average molecular weight is 389 g/mol. The molecule has 1 aliphatic heterocycles. The largest absolute Gasteiger partial charge is 0.372 e. The third-order valence-electron chi connectivity index (χ3n) is 5.18. The highest BCUT2D eigenvalue weighted by Gasteiger charge is 2.24. The molecule has 3 heterocycles. The fourth-order valence-electron chi connectivity index (χ4n) is 3.62. The van der Waals surface area contributed by atoms with Gasteiger partial charge in [-0.15, -0.1) is 0 Å². The normalized spacial score (nSPS) is 13.4. The van der Waals surface area contributed by atoms with E-state index in [9.17, 15) is 0 Å². The van der Waals surface area contributed by atoms with Gasteiger partial charge in [-0.3, -0.25) is 10.0 Å². The maximum absolute atomic E-state index is 9.10. The number of pyridine rings is 1. The van der Waals surface area contributed by atoms with E-state index in [-0.39, 0.29) is 13.1 Å². The first-order valence-corrected chi connectivity index (χ1v) is 9.63. The van der Waals surface area contributed by atoms with Gasteiger partial charge < -0.3 is 9.47 Å². The zero-order valence-electron chi connectivity index (χ0n) is 16.5. The van der Waals surface area contributed by atoms with Gasteiger partial charge >= 0.3 is 0 Å². The van der Waals surface area contributed by atoms with E-state index in [1.54, 1.807) is 0 Å². The molecule has 8 heteroatoms. The van der Waals surface area contributed by atoms with E-state index in [1.165, 1.54) is 27.7 Å². The van der Waals surface area contributed by atoms with Crippen LogP contribution in [0.25, 0.3) is 11.0 Å². The average Bonchev–Trinajstić information content (AvgIpc) is 3.18. The van der Waals surface area contributed by atoms with Gasteiger partial charge in [-0.05, 0) is 37.3 Å². The molecule has 2 N–H and O–H groups in total. The molecule has 1 amide bonds. The van der Waals surface area contributed by atoms with Crippen LogP contribution in [0.15, 0.2) is 48.8 Å². The standard InChI is InChI=1S/C20H21BN4.CH3NO2/c1-16-2-4-17(5-3-16)14-25-11-7-18-19(6-10-23-20(18)25)24-12-8-21(15-22)9-13-24;3-1-2-4/h2-7,10-11H,8-9,12-14H2,1H3;1,4H,(H,2,3). The number of nitrogens with zero attached hydrogens (tertiary/aromatic N) is 4. The number of carbonyl (C=O) groups excluding carboxylic acids is 1. The van der Waals surface area contributed by atoms with Crippen molar-refractivity contribution in [3.05, 3.63) is 59.9 Å². The predicted molar refractivity (Wildman–Crippen MR) is 114 cm³/mol. The third-order valence-corrected chi connectivity index (χ3v) is 5.18. The summed E-state index contributed by atoms with van der Waals surface area (Å²) in [5.41, 5.74) is 6.08. The highest BCUT2D eigenvalue weighted by molar-refractivity contribution is 6.67. The first-order chi connectivity index (χ1) is 14.2. The highest BCUT2D eigenvalue weighted by Crippen LogP contribution is 2.29. The van der Waals surface area contributed by atoms with Gasteiger partial charge in [-0.2, -0.15) is 0 Å². The Kier molecular flexibility index (Phi) is 6.87. The Hall–Kier alpha value is -3.31. The fourth-order valence-corrected chi connectivity index (χ4v) is 3.62. The van der Waals surface area contributed by atoms with Crippen molar-refractivity contribution in [2.45, 2.75) is 26.1 Å². The summed E-state index contributed by atoms with van der Waals surface area (Å²) in [4.78, 5) is 15.8. The summed E-state index contributed by atoms with van der Waals surface area (Å²) in [6.45, 7) is 5.04. The summed E-state index contributed by atoms with van der Waals surface area (Å²) in [6, 6.07) is 12.9. The molecule has 0 unspecified atom stereocenters. The molecule has 1 saturated heterocycles. The number of rotatable bonds is 4. The fraction of sp³-hybridized carbons (Fsp3) is 0.286. The number of benzene rings is 1. The van der Waals surface area contributed by atoms with Gasteiger partial charge in [0.1, 0.15) is 5.65 Å². The van der Waals surface area contributed by atoms with Crippen LogP contribution in [-0.4, -0.2) is 41.0 Å². The maximum Gasteiger partial charge on any atom is 0.271 e. The van der Waals surface area contributed by atoms with E-state index >= 15 is 0 Å². The van der Waals surface area contributed by atoms with Gasteiger partial charge in [-0.25, -0.2) is 15.7 Å². The minimum absolute atomic E-state index is 0.181. The zero-order valence-corrected chi connectivity index (χ0v) is 16.5. The van der Waals surface area contributed by atoms with Gasteiger partial charge in [0.15, 0.2) is 0 Å². The Morgan fingerprint density at radius 3 is 2.55 bits per heavy atom. The molecule has 7 nitrogen and oxygen atoms in total. The SMILES string of the molecule is Cc1ccc(Cn2ccc3c(N4CCB(C#N)CC4)ccnc32)cc1.O=CNO. The van der Waals surface area contributed by atoms with Crippen LogP contribution in [0.3, 0.4) is 0 Å². The number of amides is 1. The van der Waals surface area contributed by atoms with Crippen molar-refractivity contribution in [2.75, 3.05) is 18.0 Å². The van der Waals surface area contributed by atoms with E-state index < -0.39 is 0 Å². The molecule has 4 rings (SSSR count). The smallest absolute Gasteiger partial charge is 0.271 e. The quantitative estimate of drug-likeness (QED) is 0.310. The van der Waals surface area contributed by atoms with Gasteiger partial charge in [0.2, 0.25) is 6.41 Å². The second-order valence-electron chi connectivity index (χ2n) is 7.13. The minimum Gasteiger partial charge on any atom is -0.372 e. The van der Waals surface area contributed by atoms with Crippen LogP contribution < -0.4 is 10.4 Å². The van der Waals surface area contributed by atoms with Crippen LogP contribution in [-0.2, 0) is 11.3 Å². The second kappa shape index (κ2) is 9.76. The number of aryl methyl sites for hydroxylation is 1. The van der Waals surface area contributed by atoms with Crippen LogP contribution in [0.4, 0.5) is 5.69 Å². The van der Waals surface area contributed by atoms with Gasteiger partial charge in [0.25, 0.3) is 6.71 Å². The van der Waals surface area contributed by atoms with Crippen molar-refractivity contribution in [1.29, 1.82) is 5.26 Å². The third kappa shape index (κ3) is 4.95. The lowest BCUT2D eigenvalue weighted by atomic mass is 9.45. The van der Waals surface area contributed by atoms with E-state index in [0.717, 1.165) is 37.9 Å². The molecule has 148 valence electrons. The minimum atomic E-state index is 0.181. The van der Waals surface area contributed by atoms with E-state index in [4.69, 9.17) is 15.3 Å². The van der Waals surface area contributed by atoms with Gasteiger partial charge in [0.05, 0.1) is 0 Å². The number of hydroxylamine groups is 1. The molecule has 1 aromatic carbocycles. The second-order valence-corrected chi connectivity index (χ2v) is 7.13. The molecule has 0 atom stereocenters. The molecular weight excluding hydrogens is 365 g/mol. The molecule has 0 bridgehead atoms. The molecule has 2 aromatic heterocycles. The van der Waals surface area contributed by atoms with Crippen LogP contribution >= 0.6 is 0 Å². The summed E-state index contributed by atoms with van der Waals surface area (Å²) in [5.74, 6) is 2.41. The molecule has 1 aliphatic rings. The molecule has 0 spiro atoms. The lowest BCUT2D eigenvalue weighted by molar-refractivity contribution is -0.116. The Balaban J connectivity index is 0.000000552. The van der Waals surface area contributed by atoms with E-state index in [1.807, 2.05) is 6.20 Å². The Morgan fingerprint density at radius 2 is 1.93 bits per heavy atom. The summed E-state index contributed by atoms with van der Waals surface area (Å²) < 4.78 is 2.21. The molecule has 0 aliphatic carbocycles. The Labute approximate surface area is 170 Å². The topological polar surface area (TPSA) is 94.2 Å². The number of anilines is 1. The number of hydrogen-bond acceptors (Lipinski definition) is 5. The molecular formula is C21H24BN5O2. The van der Waals surface area contributed by atoms with Gasteiger partial charge in [-0.1, -0.05) is 29.8 Å². The van der Waals surface area contributed by atoms with E-state index in [0.29, 0.717) is 0 Å². The molecule has 0 radical (unpaired) electrons. The van der Waals surface area contributed by atoms with Crippen molar-refractivity contribution >= 4 is 29.8 Å². The first kappa shape index (κ1) is 20.4. The number of fused-ring (bicyclic) bond motifs is 1. The van der Waals surface area contributed by atoms with Crippen molar-refractivity contribution in [1.82, 2.24) is 15.0 Å². The molecule has 3 aromatic rings. The number of nitrogens with one attached hydrogen (secondary N) is 1. The van der Waals surface area contributed by atoms with Crippen molar-refractivity contribution < 1.29 is 10.0 Å². The maximum atomic E-state index is 9.10. The van der Waals surface area contributed by atoms with Crippen molar-refractivity contribution in [3.63, 3.8) is 0 Å². The summed E-state index contributed by atoms with van der Waals surface area (Å²) in [6.07, 6.45) is 6.11. The Morgan fingerprint density at radius 1 is 1.24 bits per heavy atom. The molecule has 0 saturated carbocycles. The zero-order chi connectivity index (χ0) is 20.6. The lowest BCUT2D eigenvalue weighted by Crippen LogP contribution is -2.36. The monoisotopic (exact) mass is 389 g/mol. The van der Waals surface area contributed by atoms with Gasteiger partial charge in [0, 0.05) is 49.1 Å². The highest BCUT2D eigenvalue weighted by atomic mass is 16.5. The van der Waals surface area contributed by atoms with Crippen LogP contribution in [0.2, 0.25) is 12.6 Å². The molecule has 29 heavy (non-hydrogen) atoms. The van der Waals surface area contributed by atoms with E-state index in [2.05, 4.69) is 69.9 Å². The van der Waals surface area contributed by atoms with Crippen LogP contribution in [0, 0.1) is 18.2 Å². The summed E-state index contributed by atoms with van der Waals surface area (Å²) >= 11 is 0. The first-order valence-electron chi connectivity index (χ1n) is 9.63. The number of carbonyl (C=O) groups is 1. The summed E-state index contributed by atoms with van der Waals surface area (Å²) in [7, 11) is 0. The van der Waals surface area contributed by atoms with Crippen LogP contribution in [0.1, 0.15) is 11.1 Å². The Bertz CT molecular complexity index is 988.